The Balaban J connectivity index is 2.07. The third kappa shape index (κ3) is 4.35. The van der Waals surface area contributed by atoms with Crippen LogP contribution in [0.3, 0.4) is 0 Å². The summed E-state index contributed by atoms with van der Waals surface area (Å²) in [6.45, 7) is 4.73. The maximum atomic E-state index is 12.6. The van der Waals surface area contributed by atoms with Crippen molar-refractivity contribution >= 4 is 27.6 Å². The standard InChI is InChI=1S/C18H26N2O5S/c1-4-20(26(23,24)5-2)16-8-6-14(7-9-16)17(21)19-12-10-15(11-13-19)18(22)25-3/h6-9,15H,4-5,10-13H2,1-3H3. The van der Waals surface area contributed by atoms with Crippen molar-refractivity contribution in [3.63, 3.8) is 0 Å². The number of ether oxygens (including phenoxy) is 1. The van der Waals surface area contributed by atoms with Crippen LogP contribution in [-0.4, -0.2) is 57.7 Å². The van der Waals surface area contributed by atoms with Crippen molar-refractivity contribution in [3.05, 3.63) is 29.8 Å². The van der Waals surface area contributed by atoms with E-state index < -0.39 is 10.0 Å². The summed E-state index contributed by atoms with van der Waals surface area (Å²) in [6.07, 6.45) is 1.18. The second-order valence-electron chi connectivity index (χ2n) is 6.20. The molecule has 0 spiro atoms. The topological polar surface area (TPSA) is 84.0 Å². The molecular formula is C18H26N2O5S. The number of carbonyl (C=O) groups is 2. The molecule has 1 aliphatic rings. The molecule has 0 saturated carbocycles. The van der Waals surface area contributed by atoms with Crippen molar-refractivity contribution in [1.82, 2.24) is 4.90 Å². The van der Waals surface area contributed by atoms with E-state index in [0.29, 0.717) is 43.7 Å². The molecule has 0 aromatic heterocycles. The first-order valence-corrected chi connectivity index (χ1v) is 10.4. The predicted molar refractivity (Wildman–Crippen MR) is 99.6 cm³/mol. The third-order valence-electron chi connectivity index (χ3n) is 4.71. The maximum absolute atomic E-state index is 12.6. The van der Waals surface area contributed by atoms with E-state index in [1.165, 1.54) is 11.4 Å². The zero-order chi connectivity index (χ0) is 19.3. The van der Waals surface area contributed by atoms with Gasteiger partial charge in [-0.15, -0.1) is 0 Å². The number of piperidine rings is 1. The second kappa shape index (κ2) is 8.53. The number of nitrogens with zero attached hydrogens (tertiary/aromatic N) is 2. The number of hydrogen-bond donors (Lipinski definition) is 0. The molecule has 0 radical (unpaired) electrons. The SMILES string of the molecule is CCN(c1ccc(C(=O)N2CCC(C(=O)OC)CC2)cc1)S(=O)(=O)CC. The number of esters is 1. The highest BCUT2D eigenvalue weighted by molar-refractivity contribution is 7.92. The minimum atomic E-state index is -3.34. The molecule has 8 heteroatoms. The Morgan fingerprint density at radius 1 is 1.15 bits per heavy atom. The zero-order valence-corrected chi connectivity index (χ0v) is 16.3. The number of benzene rings is 1. The summed E-state index contributed by atoms with van der Waals surface area (Å²) in [4.78, 5) is 25.9. The monoisotopic (exact) mass is 382 g/mol. The highest BCUT2D eigenvalue weighted by Gasteiger charge is 2.28. The highest BCUT2D eigenvalue weighted by Crippen LogP contribution is 2.22. The van der Waals surface area contributed by atoms with E-state index in [2.05, 4.69) is 0 Å². The molecule has 1 amide bonds. The fraction of sp³-hybridized carbons (Fsp3) is 0.556. The summed E-state index contributed by atoms with van der Waals surface area (Å²) in [5.41, 5.74) is 1.06. The van der Waals surface area contributed by atoms with Crippen molar-refractivity contribution < 1.29 is 22.7 Å². The van der Waals surface area contributed by atoms with E-state index in [9.17, 15) is 18.0 Å². The number of likely N-dealkylation sites (tertiary alicyclic amines) is 1. The first-order valence-electron chi connectivity index (χ1n) is 8.81. The van der Waals surface area contributed by atoms with Gasteiger partial charge in [-0.3, -0.25) is 13.9 Å². The van der Waals surface area contributed by atoms with Gasteiger partial charge in [0.2, 0.25) is 10.0 Å². The van der Waals surface area contributed by atoms with Gasteiger partial charge in [0.1, 0.15) is 0 Å². The molecule has 1 saturated heterocycles. The van der Waals surface area contributed by atoms with Crippen LogP contribution in [0, 0.1) is 5.92 Å². The van der Waals surface area contributed by atoms with Gasteiger partial charge in [-0.05, 0) is 51.0 Å². The van der Waals surface area contributed by atoms with E-state index in [1.54, 1.807) is 43.0 Å². The highest BCUT2D eigenvalue weighted by atomic mass is 32.2. The van der Waals surface area contributed by atoms with Crippen LogP contribution < -0.4 is 4.31 Å². The van der Waals surface area contributed by atoms with Gasteiger partial charge < -0.3 is 9.64 Å². The summed E-state index contributed by atoms with van der Waals surface area (Å²) < 4.78 is 30.3. The van der Waals surface area contributed by atoms with E-state index in [4.69, 9.17) is 4.74 Å². The van der Waals surface area contributed by atoms with Crippen molar-refractivity contribution in [1.29, 1.82) is 0 Å². The van der Waals surface area contributed by atoms with Gasteiger partial charge in [0, 0.05) is 25.2 Å². The molecule has 1 fully saturated rings. The number of amides is 1. The van der Waals surface area contributed by atoms with Gasteiger partial charge in [-0.1, -0.05) is 0 Å². The molecule has 0 N–H and O–H groups in total. The number of methoxy groups -OCH3 is 1. The Kier molecular flexibility index (Phi) is 6.63. The molecule has 26 heavy (non-hydrogen) atoms. The Morgan fingerprint density at radius 3 is 2.19 bits per heavy atom. The van der Waals surface area contributed by atoms with E-state index in [1.807, 2.05) is 0 Å². The minimum Gasteiger partial charge on any atom is -0.469 e. The van der Waals surface area contributed by atoms with E-state index in [0.717, 1.165) is 0 Å². The largest absolute Gasteiger partial charge is 0.469 e. The molecule has 1 aromatic carbocycles. The van der Waals surface area contributed by atoms with Crippen LogP contribution in [0.1, 0.15) is 37.0 Å². The lowest BCUT2D eigenvalue weighted by molar-refractivity contribution is -0.146. The van der Waals surface area contributed by atoms with Crippen LogP contribution in [-0.2, 0) is 19.6 Å². The van der Waals surface area contributed by atoms with Gasteiger partial charge >= 0.3 is 5.97 Å². The van der Waals surface area contributed by atoms with Gasteiger partial charge in [0.15, 0.2) is 0 Å². The molecule has 1 heterocycles. The average molecular weight is 382 g/mol. The third-order valence-corrected chi connectivity index (χ3v) is 6.58. The minimum absolute atomic E-state index is 0.0245. The smallest absolute Gasteiger partial charge is 0.308 e. The molecule has 2 rings (SSSR count). The van der Waals surface area contributed by atoms with Crippen molar-refractivity contribution in [2.24, 2.45) is 5.92 Å². The number of anilines is 1. The van der Waals surface area contributed by atoms with Gasteiger partial charge in [-0.25, -0.2) is 8.42 Å². The molecule has 7 nitrogen and oxygen atoms in total. The Bertz CT molecular complexity index is 737. The lowest BCUT2D eigenvalue weighted by atomic mass is 9.96. The molecule has 1 aromatic rings. The molecule has 0 unspecified atom stereocenters. The Hall–Kier alpha value is -2.09. The summed E-state index contributed by atoms with van der Waals surface area (Å²) in [7, 11) is -1.96. The van der Waals surface area contributed by atoms with Crippen LogP contribution in [0.15, 0.2) is 24.3 Å². The van der Waals surface area contributed by atoms with E-state index in [-0.39, 0.29) is 23.5 Å². The molecule has 0 aliphatic carbocycles. The van der Waals surface area contributed by atoms with Crippen LogP contribution in [0.2, 0.25) is 0 Å². The summed E-state index contributed by atoms with van der Waals surface area (Å²) in [5, 5.41) is 0. The van der Waals surface area contributed by atoms with Crippen LogP contribution in [0.5, 0.6) is 0 Å². The predicted octanol–water partition coefficient (Wildman–Crippen LogP) is 1.89. The average Bonchev–Trinajstić information content (AvgIpc) is 2.68. The first kappa shape index (κ1) is 20.2. The summed E-state index contributed by atoms with van der Waals surface area (Å²) >= 11 is 0. The molecule has 0 bridgehead atoms. The number of carbonyl (C=O) groups excluding carboxylic acids is 2. The zero-order valence-electron chi connectivity index (χ0n) is 15.5. The molecule has 1 aliphatic heterocycles. The van der Waals surface area contributed by atoms with Crippen molar-refractivity contribution in [2.45, 2.75) is 26.7 Å². The number of rotatable bonds is 6. The first-order chi connectivity index (χ1) is 12.3. The maximum Gasteiger partial charge on any atom is 0.308 e. The number of hydrogen-bond acceptors (Lipinski definition) is 5. The van der Waals surface area contributed by atoms with Gasteiger partial charge in [0.25, 0.3) is 5.91 Å². The number of sulfonamides is 1. The molecule has 144 valence electrons. The Labute approximate surface area is 155 Å². The fourth-order valence-corrected chi connectivity index (χ4v) is 4.28. The normalized spacial score (nSPS) is 15.6. The summed E-state index contributed by atoms with van der Waals surface area (Å²) in [5.74, 6) is -0.459. The summed E-state index contributed by atoms with van der Waals surface area (Å²) in [6, 6.07) is 6.62. The second-order valence-corrected chi connectivity index (χ2v) is 8.38. The Morgan fingerprint density at radius 2 is 1.73 bits per heavy atom. The molecular weight excluding hydrogens is 356 g/mol. The quantitative estimate of drug-likeness (QED) is 0.702. The molecule has 0 atom stereocenters. The van der Waals surface area contributed by atoms with Gasteiger partial charge in [-0.2, -0.15) is 0 Å². The van der Waals surface area contributed by atoms with Crippen molar-refractivity contribution in [2.75, 3.05) is 36.8 Å². The van der Waals surface area contributed by atoms with Crippen LogP contribution >= 0.6 is 0 Å². The van der Waals surface area contributed by atoms with E-state index >= 15 is 0 Å². The van der Waals surface area contributed by atoms with Gasteiger partial charge in [0.05, 0.1) is 24.5 Å². The lowest BCUT2D eigenvalue weighted by Crippen LogP contribution is -2.40. The van der Waals surface area contributed by atoms with Crippen LogP contribution in [0.25, 0.3) is 0 Å². The van der Waals surface area contributed by atoms with Crippen LogP contribution in [0.4, 0.5) is 5.69 Å². The fourth-order valence-electron chi connectivity index (χ4n) is 3.13. The van der Waals surface area contributed by atoms with Crippen molar-refractivity contribution in [3.8, 4) is 0 Å². The lowest BCUT2D eigenvalue weighted by Gasteiger charge is -2.31.